The Morgan fingerprint density at radius 3 is 2.58 bits per heavy atom. The minimum Gasteiger partial charge on any atom is -0.368 e. The van der Waals surface area contributed by atoms with Gasteiger partial charge in [0.05, 0.1) is 11.5 Å². The second-order valence-corrected chi connectivity index (χ2v) is 3.71. The van der Waals surface area contributed by atoms with Gasteiger partial charge in [-0.05, 0) is 19.1 Å². The molecule has 102 valence electrons. The lowest BCUT2D eigenvalue weighted by atomic mass is 10.1. The van der Waals surface area contributed by atoms with Crippen molar-refractivity contribution >= 4 is 17.5 Å². The zero-order valence-electron chi connectivity index (χ0n) is 10.1. The Morgan fingerprint density at radius 1 is 1.47 bits per heavy atom. The van der Waals surface area contributed by atoms with Gasteiger partial charge in [0.2, 0.25) is 11.7 Å². The van der Waals surface area contributed by atoms with Crippen LogP contribution in [0.15, 0.2) is 18.2 Å². The van der Waals surface area contributed by atoms with E-state index in [1.807, 2.05) is 0 Å². The van der Waals surface area contributed by atoms with Crippen molar-refractivity contribution in [3.63, 3.8) is 0 Å². The Morgan fingerprint density at radius 2 is 2.11 bits per heavy atom. The molecule has 0 atom stereocenters. The number of nitrogens with zero attached hydrogens (tertiary/aromatic N) is 2. The van der Waals surface area contributed by atoms with Crippen LogP contribution in [0.5, 0.6) is 0 Å². The van der Waals surface area contributed by atoms with E-state index in [9.17, 15) is 24.1 Å². The van der Waals surface area contributed by atoms with Gasteiger partial charge in [-0.25, -0.2) is 0 Å². The van der Waals surface area contributed by atoms with Crippen LogP contribution in [0.25, 0.3) is 0 Å². The fourth-order valence-corrected chi connectivity index (χ4v) is 1.48. The van der Waals surface area contributed by atoms with Gasteiger partial charge < -0.3 is 10.6 Å². The molecule has 1 aromatic carbocycles. The van der Waals surface area contributed by atoms with Crippen LogP contribution in [0, 0.1) is 15.9 Å². The number of nitro groups is 1. The zero-order valence-corrected chi connectivity index (χ0v) is 10.1. The van der Waals surface area contributed by atoms with Crippen molar-refractivity contribution in [2.45, 2.75) is 6.92 Å². The number of hydrogen-bond acceptors (Lipinski definition) is 4. The smallest absolute Gasteiger partial charge is 0.305 e. The molecule has 0 unspecified atom stereocenters. The third kappa shape index (κ3) is 3.47. The molecule has 2 N–H and O–H groups in total. The Bertz CT molecular complexity index is 533. The van der Waals surface area contributed by atoms with Gasteiger partial charge in [-0.3, -0.25) is 19.7 Å². The number of primary amides is 1. The van der Waals surface area contributed by atoms with Crippen molar-refractivity contribution in [3.8, 4) is 0 Å². The molecular weight excluding hydrogens is 257 g/mol. The molecule has 0 saturated heterocycles. The van der Waals surface area contributed by atoms with Crippen LogP contribution in [0.4, 0.5) is 10.1 Å². The highest BCUT2D eigenvalue weighted by Gasteiger charge is 2.21. The molecule has 0 aliphatic carbocycles. The van der Waals surface area contributed by atoms with Gasteiger partial charge in [-0.15, -0.1) is 0 Å². The second-order valence-electron chi connectivity index (χ2n) is 3.71. The molecule has 0 heterocycles. The van der Waals surface area contributed by atoms with Crippen LogP contribution in [0.1, 0.15) is 17.3 Å². The summed E-state index contributed by atoms with van der Waals surface area (Å²) >= 11 is 0. The van der Waals surface area contributed by atoms with Crippen LogP contribution >= 0.6 is 0 Å². The minimum atomic E-state index is -1.03. The number of carbonyl (C=O) groups is 2. The summed E-state index contributed by atoms with van der Waals surface area (Å²) in [7, 11) is 0. The molecular formula is C11H12FN3O4. The number of benzene rings is 1. The van der Waals surface area contributed by atoms with Gasteiger partial charge in [0.15, 0.2) is 0 Å². The summed E-state index contributed by atoms with van der Waals surface area (Å²) in [4.78, 5) is 33.5. The maximum atomic E-state index is 13.1. The van der Waals surface area contributed by atoms with Crippen molar-refractivity contribution < 1.29 is 18.9 Å². The zero-order chi connectivity index (χ0) is 14.6. The van der Waals surface area contributed by atoms with Crippen LogP contribution in [-0.4, -0.2) is 34.7 Å². The van der Waals surface area contributed by atoms with Crippen molar-refractivity contribution in [2.75, 3.05) is 13.1 Å². The highest BCUT2D eigenvalue weighted by Crippen LogP contribution is 2.19. The largest absolute Gasteiger partial charge is 0.368 e. The fourth-order valence-electron chi connectivity index (χ4n) is 1.48. The van der Waals surface area contributed by atoms with E-state index in [0.29, 0.717) is 0 Å². The maximum Gasteiger partial charge on any atom is 0.305 e. The van der Waals surface area contributed by atoms with Gasteiger partial charge in [-0.2, -0.15) is 4.39 Å². The van der Waals surface area contributed by atoms with Crippen molar-refractivity contribution in [1.82, 2.24) is 4.90 Å². The summed E-state index contributed by atoms with van der Waals surface area (Å²) in [6.07, 6.45) is 0. The molecule has 1 aromatic rings. The molecule has 0 spiro atoms. The van der Waals surface area contributed by atoms with Crippen LogP contribution < -0.4 is 5.73 Å². The van der Waals surface area contributed by atoms with Crippen molar-refractivity contribution in [2.24, 2.45) is 5.73 Å². The van der Waals surface area contributed by atoms with Gasteiger partial charge in [-0.1, -0.05) is 0 Å². The molecule has 0 radical (unpaired) electrons. The van der Waals surface area contributed by atoms with E-state index >= 15 is 0 Å². The summed E-state index contributed by atoms with van der Waals surface area (Å²) < 4.78 is 13.1. The first-order valence-corrected chi connectivity index (χ1v) is 5.38. The van der Waals surface area contributed by atoms with E-state index < -0.39 is 28.2 Å². The molecule has 19 heavy (non-hydrogen) atoms. The topological polar surface area (TPSA) is 107 Å². The number of hydrogen-bond donors (Lipinski definition) is 1. The SMILES string of the molecule is CCN(CC(N)=O)C(=O)c1ccc(F)c([N+](=O)[O-])c1. The summed E-state index contributed by atoms with van der Waals surface area (Å²) in [6.45, 7) is 1.52. The molecule has 8 heteroatoms. The third-order valence-electron chi connectivity index (χ3n) is 2.41. The van der Waals surface area contributed by atoms with E-state index in [1.54, 1.807) is 6.92 Å². The van der Waals surface area contributed by atoms with Gasteiger partial charge in [0, 0.05) is 18.2 Å². The van der Waals surface area contributed by atoms with Gasteiger partial charge >= 0.3 is 5.69 Å². The normalized spacial score (nSPS) is 10.0. The van der Waals surface area contributed by atoms with Crippen LogP contribution in [0.2, 0.25) is 0 Å². The Balaban J connectivity index is 3.08. The molecule has 0 saturated carbocycles. The number of rotatable bonds is 5. The van der Waals surface area contributed by atoms with Crippen molar-refractivity contribution in [1.29, 1.82) is 0 Å². The van der Waals surface area contributed by atoms with Crippen molar-refractivity contribution in [3.05, 3.63) is 39.7 Å². The van der Waals surface area contributed by atoms with E-state index in [0.717, 1.165) is 23.1 Å². The number of carbonyl (C=O) groups excluding carboxylic acids is 2. The molecule has 0 fully saturated rings. The number of likely N-dealkylation sites (N-methyl/N-ethyl adjacent to an activating group) is 1. The quantitative estimate of drug-likeness (QED) is 0.626. The molecule has 0 aromatic heterocycles. The lowest BCUT2D eigenvalue weighted by Crippen LogP contribution is -2.38. The Hall–Kier alpha value is -2.51. The molecule has 2 amide bonds. The number of nitrogens with two attached hydrogens (primary N) is 1. The summed E-state index contributed by atoms with van der Waals surface area (Å²) in [5.41, 5.74) is 4.12. The molecule has 0 aliphatic rings. The first kappa shape index (κ1) is 14.6. The highest BCUT2D eigenvalue weighted by atomic mass is 19.1. The minimum absolute atomic E-state index is 0.0730. The Kier molecular flexibility index (Phi) is 4.51. The second kappa shape index (κ2) is 5.89. The standard InChI is InChI=1S/C11H12FN3O4/c1-2-14(6-10(13)16)11(17)7-3-4-8(12)9(5-7)15(18)19/h3-5H,2,6H2,1H3,(H2,13,16). The van der Waals surface area contributed by atoms with Crippen LogP contribution in [-0.2, 0) is 4.79 Å². The monoisotopic (exact) mass is 269 g/mol. The molecule has 0 aliphatic heterocycles. The lowest BCUT2D eigenvalue weighted by molar-refractivity contribution is -0.387. The van der Waals surface area contributed by atoms with E-state index in [4.69, 9.17) is 5.73 Å². The average molecular weight is 269 g/mol. The van der Waals surface area contributed by atoms with E-state index in [2.05, 4.69) is 0 Å². The van der Waals surface area contributed by atoms with Gasteiger partial charge in [0.1, 0.15) is 0 Å². The van der Waals surface area contributed by atoms with Crippen LogP contribution in [0.3, 0.4) is 0 Å². The van der Waals surface area contributed by atoms with E-state index in [-0.39, 0.29) is 18.7 Å². The molecule has 0 bridgehead atoms. The predicted molar refractivity (Wildman–Crippen MR) is 63.8 cm³/mol. The molecule has 7 nitrogen and oxygen atoms in total. The lowest BCUT2D eigenvalue weighted by Gasteiger charge is -2.18. The van der Waals surface area contributed by atoms with Gasteiger partial charge in [0.25, 0.3) is 5.91 Å². The first-order valence-electron chi connectivity index (χ1n) is 5.38. The first-order chi connectivity index (χ1) is 8.86. The number of halogens is 1. The third-order valence-corrected chi connectivity index (χ3v) is 2.41. The maximum absolute atomic E-state index is 13.1. The highest BCUT2D eigenvalue weighted by molar-refractivity contribution is 5.96. The average Bonchev–Trinajstić information content (AvgIpc) is 2.35. The summed E-state index contributed by atoms with van der Waals surface area (Å²) in [6, 6.07) is 2.79. The Labute approximate surface area is 107 Å². The fraction of sp³-hybridized carbons (Fsp3) is 0.273. The predicted octanol–water partition coefficient (Wildman–Crippen LogP) is 0.681. The number of amides is 2. The number of nitro benzene ring substituents is 1. The van der Waals surface area contributed by atoms with E-state index in [1.165, 1.54) is 0 Å². The summed E-state index contributed by atoms with van der Waals surface area (Å²) in [5.74, 6) is -2.35. The summed E-state index contributed by atoms with van der Waals surface area (Å²) in [5, 5.41) is 10.6. The molecule has 1 rings (SSSR count).